The average Bonchev–Trinajstić information content (AvgIpc) is 3.04. The van der Waals surface area contributed by atoms with Crippen LogP contribution >= 0.6 is 23.4 Å². The molecule has 1 aromatic heterocycles. The van der Waals surface area contributed by atoms with Gasteiger partial charge in [-0.15, -0.1) is 10.2 Å². The summed E-state index contributed by atoms with van der Waals surface area (Å²) in [7, 11) is 0. The second kappa shape index (κ2) is 7.74. The summed E-state index contributed by atoms with van der Waals surface area (Å²) in [6.45, 7) is 3.78. The lowest BCUT2D eigenvalue weighted by Crippen LogP contribution is -2.43. The first-order chi connectivity index (χ1) is 13.1. The van der Waals surface area contributed by atoms with Gasteiger partial charge >= 0.3 is 0 Å². The van der Waals surface area contributed by atoms with Crippen LogP contribution in [0, 0.1) is 6.92 Å². The third kappa shape index (κ3) is 3.87. The van der Waals surface area contributed by atoms with E-state index in [0.29, 0.717) is 15.9 Å². The van der Waals surface area contributed by atoms with E-state index >= 15 is 0 Å². The molecule has 0 radical (unpaired) electrons. The molecule has 2 aromatic carbocycles. The molecule has 1 saturated heterocycles. The predicted octanol–water partition coefficient (Wildman–Crippen LogP) is 4.22. The molecular formula is C20H19ClN4OS. The Balaban J connectivity index is 1.68. The lowest BCUT2D eigenvalue weighted by Gasteiger charge is -2.30. The smallest absolute Gasteiger partial charge is 0.233 e. The molecule has 0 atom stereocenters. The van der Waals surface area contributed by atoms with E-state index in [-0.39, 0.29) is 5.91 Å². The first kappa shape index (κ1) is 18.1. The van der Waals surface area contributed by atoms with E-state index in [9.17, 15) is 4.79 Å². The maximum atomic E-state index is 12.2. The van der Waals surface area contributed by atoms with Gasteiger partial charge in [0.05, 0.1) is 5.75 Å². The van der Waals surface area contributed by atoms with Crippen molar-refractivity contribution in [2.75, 3.05) is 18.8 Å². The number of thioether (sulfide) groups is 1. The molecule has 3 aromatic rings. The van der Waals surface area contributed by atoms with Crippen molar-refractivity contribution in [2.45, 2.75) is 18.5 Å². The minimum absolute atomic E-state index is 0.151. The van der Waals surface area contributed by atoms with Crippen molar-refractivity contribution in [1.82, 2.24) is 19.7 Å². The van der Waals surface area contributed by atoms with Crippen molar-refractivity contribution < 1.29 is 4.79 Å². The molecule has 1 aliphatic rings. The number of amides is 1. The minimum Gasteiger partial charge on any atom is -0.342 e. The number of hydrogen-bond acceptors (Lipinski definition) is 4. The number of aryl methyl sites for hydroxylation is 1. The van der Waals surface area contributed by atoms with Gasteiger partial charge in [-0.2, -0.15) is 0 Å². The van der Waals surface area contributed by atoms with Crippen molar-refractivity contribution in [3.05, 3.63) is 59.1 Å². The van der Waals surface area contributed by atoms with Crippen molar-refractivity contribution in [3.63, 3.8) is 0 Å². The van der Waals surface area contributed by atoms with Crippen LogP contribution in [-0.4, -0.2) is 44.4 Å². The van der Waals surface area contributed by atoms with Crippen LogP contribution in [0.2, 0.25) is 5.02 Å². The Hall–Kier alpha value is -2.31. The number of hydrogen-bond donors (Lipinski definition) is 0. The molecule has 0 saturated carbocycles. The fraction of sp³-hybridized carbons (Fsp3) is 0.250. The van der Waals surface area contributed by atoms with Crippen LogP contribution in [0.25, 0.3) is 17.1 Å². The van der Waals surface area contributed by atoms with Gasteiger partial charge in [-0.05, 0) is 49.7 Å². The highest BCUT2D eigenvalue weighted by molar-refractivity contribution is 7.99. The first-order valence-electron chi connectivity index (χ1n) is 8.81. The zero-order chi connectivity index (χ0) is 18.8. The summed E-state index contributed by atoms with van der Waals surface area (Å²) in [5.41, 5.74) is 3.07. The van der Waals surface area contributed by atoms with E-state index < -0.39 is 0 Å². The van der Waals surface area contributed by atoms with Crippen LogP contribution in [0.1, 0.15) is 12.0 Å². The lowest BCUT2D eigenvalue weighted by atomic mass is 10.2. The topological polar surface area (TPSA) is 51.0 Å². The van der Waals surface area contributed by atoms with Crippen molar-refractivity contribution in [2.24, 2.45) is 0 Å². The summed E-state index contributed by atoms with van der Waals surface area (Å²) in [6.07, 6.45) is 1.09. The molecule has 4 rings (SSSR count). The predicted molar refractivity (Wildman–Crippen MR) is 108 cm³/mol. The molecule has 1 fully saturated rings. The molecule has 0 bridgehead atoms. The molecule has 138 valence electrons. The molecule has 0 N–H and O–H groups in total. The minimum atomic E-state index is 0.151. The maximum Gasteiger partial charge on any atom is 0.233 e. The zero-order valence-electron chi connectivity index (χ0n) is 14.9. The van der Waals surface area contributed by atoms with Crippen LogP contribution in [-0.2, 0) is 4.79 Å². The molecular weight excluding hydrogens is 380 g/mol. The summed E-state index contributed by atoms with van der Waals surface area (Å²) in [5.74, 6) is 1.25. The Bertz CT molecular complexity index is 949. The number of carbonyl (C=O) groups excluding carboxylic acids is 1. The summed E-state index contributed by atoms with van der Waals surface area (Å²) in [5, 5.41) is 10.1. The summed E-state index contributed by atoms with van der Waals surface area (Å²) < 4.78 is 2.00. The number of likely N-dealkylation sites (tertiary alicyclic amines) is 1. The molecule has 1 amide bonds. The van der Waals surface area contributed by atoms with Crippen LogP contribution in [0.15, 0.2) is 53.7 Å². The summed E-state index contributed by atoms with van der Waals surface area (Å²) in [6, 6.07) is 15.7. The van der Waals surface area contributed by atoms with E-state index in [1.807, 2.05) is 45.9 Å². The van der Waals surface area contributed by atoms with Crippen molar-refractivity contribution >= 4 is 29.3 Å². The lowest BCUT2D eigenvalue weighted by molar-refractivity contribution is -0.131. The quantitative estimate of drug-likeness (QED) is 0.604. The van der Waals surface area contributed by atoms with Crippen LogP contribution in [0.3, 0.4) is 0 Å². The molecule has 27 heavy (non-hydrogen) atoms. The van der Waals surface area contributed by atoms with Gasteiger partial charge in [-0.1, -0.05) is 41.1 Å². The van der Waals surface area contributed by atoms with Gasteiger partial charge in [0.25, 0.3) is 0 Å². The largest absolute Gasteiger partial charge is 0.342 e. The van der Waals surface area contributed by atoms with Gasteiger partial charge in [0.15, 0.2) is 11.0 Å². The summed E-state index contributed by atoms with van der Waals surface area (Å²) >= 11 is 7.45. The number of carbonyl (C=O) groups is 1. The number of rotatable bonds is 5. The Morgan fingerprint density at radius 1 is 1.07 bits per heavy atom. The van der Waals surface area contributed by atoms with E-state index in [4.69, 9.17) is 11.6 Å². The Kier molecular flexibility index (Phi) is 5.18. The first-order valence-corrected chi connectivity index (χ1v) is 10.2. The third-order valence-corrected chi connectivity index (χ3v) is 5.73. The number of nitrogens with zero attached hydrogens (tertiary/aromatic N) is 4. The average molecular weight is 399 g/mol. The van der Waals surface area contributed by atoms with E-state index in [1.54, 1.807) is 0 Å². The van der Waals surface area contributed by atoms with Crippen LogP contribution in [0.4, 0.5) is 0 Å². The Labute approximate surface area is 167 Å². The molecule has 5 nitrogen and oxygen atoms in total. The highest BCUT2D eigenvalue weighted by Gasteiger charge is 2.22. The Morgan fingerprint density at radius 3 is 2.41 bits per heavy atom. The van der Waals surface area contributed by atoms with Crippen molar-refractivity contribution in [1.29, 1.82) is 0 Å². The monoisotopic (exact) mass is 398 g/mol. The van der Waals surface area contributed by atoms with Crippen LogP contribution < -0.4 is 0 Å². The number of halogens is 1. The van der Waals surface area contributed by atoms with E-state index in [2.05, 4.69) is 29.3 Å². The highest BCUT2D eigenvalue weighted by Crippen LogP contribution is 2.29. The molecule has 0 spiro atoms. The zero-order valence-corrected chi connectivity index (χ0v) is 16.5. The van der Waals surface area contributed by atoms with Gasteiger partial charge in [0.2, 0.25) is 5.91 Å². The SMILES string of the molecule is Cc1ccc(-n2c(SCC(=O)N3CCC3)nnc2-c2ccc(Cl)cc2)cc1. The second-order valence-electron chi connectivity index (χ2n) is 6.51. The molecule has 1 aliphatic heterocycles. The van der Waals surface area contributed by atoms with Crippen LogP contribution in [0.5, 0.6) is 0 Å². The van der Waals surface area contributed by atoms with Crippen molar-refractivity contribution in [3.8, 4) is 17.1 Å². The molecule has 2 heterocycles. The fourth-order valence-electron chi connectivity index (χ4n) is 2.86. The van der Waals surface area contributed by atoms with E-state index in [0.717, 1.165) is 36.6 Å². The van der Waals surface area contributed by atoms with Gasteiger partial charge < -0.3 is 4.90 Å². The second-order valence-corrected chi connectivity index (χ2v) is 7.89. The van der Waals surface area contributed by atoms with Gasteiger partial charge in [0.1, 0.15) is 0 Å². The molecule has 0 unspecified atom stereocenters. The fourth-order valence-corrected chi connectivity index (χ4v) is 3.84. The third-order valence-electron chi connectivity index (χ3n) is 4.56. The number of benzene rings is 2. The normalized spacial score (nSPS) is 13.5. The number of aromatic nitrogens is 3. The van der Waals surface area contributed by atoms with Gasteiger partial charge in [-0.25, -0.2) is 0 Å². The van der Waals surface area contributed by atoms with Gasteiger partial charge in [-0.3, -0.25) is 9.36 Å². The molecule has 0 aliphatic carbocycles. The van der Waals surface area contributed by atoms with Gasteiger partial charge in [0, 0.05) is 29.4 Å². The highest BCUT2D eigenvalue weighted by atomic mass is 35.5. The summed E-state index contributed by atoms with van der Waals surface area (Å²) in [4.78, 5) is 14.1. The Morgan fingerprint density at radius 2 is 1.78 bits per heavy atom. The van der Waals surface area contributed by atoms with E-state index in [1.165, 1.54) is 17.3 Å². The maximum absolute atomic E-state index is 12.2. The standard InChI is InChI=1S/C20H19ClN4OS/c1-14-3-9-17(10-4-14)25-19(15-5-7-16(21)8-6-15)22-23-20(25)27-13-18(26)24-11-2-12-24/h3-10H,2,11-13H2,1H3. The molecule has 7 heteroatoms.